The van der Waals surface area contributed by atoms with E-state index in [-0.39, 0.29) is 5.69 Å². The molecular formula is C11H18N4O2. The third-order valence-electron chi connectivity index (χ3n) is 2.40. The third-order valence-corrected chi connectivity index (χ3v) is 2.40. The zero-order valence-electron chi connectivity index (χ0n) is 10.1. The van der Waals surface area contributed by atoms with E-state index in [0.29, 0.717) is 24.5 Å². The number of aromatic nitrogens is 1. The molecule has 1 aromatic heterocycles. The second-order valence-electron chi connectivity index (χ2n) is 4.03. The molecule has 17 heavy (non-hydrogen) atoms. The summed E-state index contributed by atoms with van der Waals surface area (Å²) in [7, 11) is 1.80. The SMILES string of the molecule is CC(O)CCN(C)c1nc(C(N)=O)ccc1N. The molecule has 0 saturated carbocycles. The minimum absolute atomic E-state index is 0.179. The summed E-state index contributed by atoms with van der Waals surface area (Å²) in [4.78, 5) is 16.9. The van der Waals surface area contributed by atoms with Gasteiger partial charge in [0.05, 0.1) is 11.8 Å². The Balaban J connectivity index is 2.87. The predicted molar refractivity (Wildman–Crippen MR) is 66.7 cm³/mol. The van der Waals surface area contributed by atoms with Crippen molar-refractivity contribution in [3.8, 4) is 0 Å². The molecular weight excluding hydrogens is 220 g/mol. The minimum Gasteiger partial charge on any atom is -0.396 e. The van der Waals surface area contributed by atoms with Gasteiger partial charge in [0, 0.05) is 13.6 Å². The van der Waals surface area contributed by atoms with Crippen molar-refractivity contribution < 1.29 is 9.90 Å². The van der Waals surface area contributed by atoms with E-state index in [4.69, 9.17) is 11.5 Å². The molecule has 0 spiro atoms. The molecule has 6 nitrogen and oxygen atoms in total. The van der Waals surface area contributed by atoms with Gasteiger partial charge in [-0.15, -0.1) is 0 Å². The van der Waals surface area contributed by atoms with Crippen LogP contribution < -0.4 is 16.4 Å². The van der Waals surface area contributed by atoms with Gasteiger partial charge >= 0.3 is 0 Å². The van der Waals surface area contributed by atoms with Crippen LogP contribution in [0.2, 0.25) is 0 Å². The van der Waals surface area contributed by atoms with Gasteiger partial charge in [0.2, 0.25) is 0 Å². The molecule has 1 amide bonds. The van der Waals surface area contributed by atoms with E-state index < -0.39 is 12.0 Å². The number of aliphatic hydroxyl groups is 1. The molecule has 0 saturated heterocycles. The lowest BCUT2D eigenvalue weighted by Gasteiger charge is -2.20. The van der Waals surface area contributed by atoms with E-state index in [9.17, 15) is 9.90 Å². The molecule has 0 radical (unpaired) electrons. The lowest BCUT2D eigenvalue weighted by molar-refractivity contribution is 0.0995. The number of nitrogen functional groups attached to an aromatic ring is 1. The molecule has 0 aliphatic carbocycles. The summed E-state index contributed by atoms with van der Waals surface area (Å²) in [5.41, 5.74) is 11.6. The van der Waals surface area contributed by atoms with Gasteiger partial charge in [0.25, 0.3) is 5.91 Å². The molecule has 0 bridgehead atoms. The normalized spacial score (nSPS) is 12.2. The van der Waals surface area contributed by atoms with Crippen LogP contribution in [0, 0.1) is 0 Å². The molecule has 0 aromatic carbocycles. The molecule has 94 valence electrons. The number of rotatable bonds is 5. The molecule has 0 aliphatic rings. The fraction of sp³-hybridized carbons (Fsp3) is 0.455. The Labute approximate surface area is 100 Å². The van der Waals surface area contributed by atoms with Crippen molar-refractivity contribution in [2.45, 2.75) is 19.4 Å². The second kappa shape index (κ2) is 5.49. The average molecular weight is 238 g/mol. The van der Waals surface area contributed by atoms with Gasteiger partial charge in [-0.2, -0.15) is 0 Å². The standard InChI is InChI=1S/C11H18N4O2/c1-7(16)5-6-15(2)11-8(12)3-4-9(14-11)10(13)17/h3-4,7,16H,5-6,12H2,1-2H3,(H2,13,17). The first-order valence-corrected chi connectivity index (χ1v) is 5.37. The molecule has 0 aliphatic heterocycles. The van der Waals surface area contributed by atoms with Crippen LogP contribution in [0.25, 0.3) is 0 Å². The van der Waals surface area contributed by atoms with E-state index in [1.54, 1.807) is 24.9 Å². The van der Waals surface area contributed by atoms with E-state index >= 15 is 0 Å². The van der Waals surface area contributed by atoms with Crippen LogP contribution in [0.5, 0.6) is 0 Å². The van der Waals surface area contributed by atoms with E-state index in [1.807, 2.05) is 0 Å². The highest BCUT2D eigenvalue weighted by Gasteiger charge is 2.11. The van der Waals surface area contributed by atoms with Crippen LogP contribution in [-0.4, -0.2) is 35.7 Å². The maximum atomic E-state index is 11.0. The Morgan fingerprint density at radius 2 is 2.24 bits per heavy atom. The highest BCUT2D eigenvalue weighted by atomic mass is 16.3. The molecule has 1 aromatic rings. The summed E-state index contributed by atoms with van der Waals surface area (Å²) in [6.07, 6.45) is 0.205. The van der Waals surface area contributed by atoms with Gasteiger partial charge in [0.15, 0.2) is 5.82 Å². The number of primary amides is 1. The van der Waals surface area contributed by atoms with Crippen molar-refractivity contribution in [3.63, 3.8) is 0 Å². The van der Waals surface area contributed by atoms with Crippen LogP contribution in [0.4, 0.5) is 11.5 Å². The first-order valence-electron chi connectivity index (χ1n) is 5.37. The second-order valence-corrected chi connectivity index (χ2v) is 4.03. The van der Waals surface area contributed by atoms with Gasteiger partial charge in [0.1, 0.15) is 5.69 Å². The van der Waals surface area contributed by atoms with Gasteiger partial charge in [-0.1, -0.05) is 0 Å². The van der Waals surface area contributed by atoms with Crippen molar-refractivity contribution in [2.75, 3.05) is 24.2 Å². The third kappa shape index (κ3) is 3.60. The van der Waals surface area contributed by atoms with Crippen LogP contribution in [-0.2, 0) is 0 Å². The quantitative estimate of drug-likeness (QED) is 0.668. The van der Waals surface area contributed by atoms with Crippen molar-refractivity contribution in [2.24, 2.45) is 5.73 Å². The number of hydrogen-bond acceptors (Lipinski definition) is 5. The summed E-state index contributed by atoms with van der Waals surface area (Å²) in [5.74, 6) is -0.0860. The summed E-state index contributed by atoms with van der Waals surface area (Å²) >= 11 is 0. The lowest BCUT2D eigenvalue weighted by Crippen LogP contribution is -2.25. The number of amides is 1. The number of nitrogens with zero attached hydrogens (tertiary/aromatic N) is 2. The highest BCUT2D eigenvalue weighted by molar-refractivity contribution is 5.91. The fourth-order valence-corrected chi connectivity index (χ4v) is 1.39. The van der Waals surface area contributed by atoms with Crippen molar-refractivity contribution in [1.82, 2.24) is 4.98 Å². The van der Waals surface area contributed by atoms with Crippen molar-refractivity contribution in [3.05, 3.63) is 17.8 Å². The Morgan fingerprint density at radius 3 is 2.76 bits per heavy atom. The number of aliphatic hydroxyl groups excluding tert-OH is 1. The Bertz CT molecular complexity index is 406. The van der Waals surface area contributed by atoms with E-state index in [2.05, 4.69) is 4.98 Å². The minimum atomic E-state index is -0.588. The molecule has 0 fully saturated rings. The van der Waals surface area contributed by atoms with Crippen molar-refractivity contribution in [1.29, 1.82) is 0 Å². The number of carbonyl (C=O) groups excluding carboxylic acids is 1. The van der Waals surface area contributed by atoms with Crippen LogP contribution in [0.1, 0.15) is 23.8 Å². The summed E-state index contributed by atoms with van der Waals surface area (Å²) < 4.78 is 0. The van der Waals surface area contributed by atoms with E-state index in [1.165, 1.54) is 6.07 Å². The largest absolute Gasteiger partial charge is 0.396 e. The van der Waals surface area contributed by atoms with Crippen LogP contribution in [0.3, 0.4) is 0 Å². The number of anilines is 2. The summed E-state index contributed by atoms with van der Waals surface area (Å²) in [5, 5.41) is 9.21. The maximum Gasteiger partial charge on any atom is 0.267 e. The summed E-state index contributed by atoms with van der Waals surface area (Å²) in [6.45, 7) is 2.31. The molecule has 1 unspecified atom stereocenters. The number of nitrogens with two attached hydrogens (primary N) is 2. The maximum absolute atomic E-state index is 11.0. The van der Waals surface area contributed by atoms with Gasteiger partial charge < -0.3 is 21.5 Å². The van der Waals surface area contributed by atoms with Crippen molar-refractivity contribution >= 4 is 17.4 Å². The number of carbonyl (C=O) groups is 1. The number of pyridine rings is 1. The molecule has 1 atom stereocenters. The van der Waals surface area contributed by atoms with Gasteiger partial charge in [-0.25, -0.2) is 4.98 Å². The Morgan fingerprint density at radius 1 is 1.59 bits per heavy atom. The topological polar surface area (TPSA) is 105 Å². The van der Waals surface area contributed by atoms with Gasteiger partial charge in [-0.3, -0.25) is 4.79 Å². The first kappa shape index (κ1) is 13.2. The summed E-state index contributed by atoms with van der Waals surface area (Å²) in [6, 6.07) is 3.09. The molecule has 5 N–H and O–H groups in total. The van der Waals surface area contributed by atoms with Crippen LogP contribution in [0.15, 0.2) is 12.1 Å². The lowest BCUT2D eigenvalue weighted by atomic mass is 10.2. The Kier molecular flexibility index (Phi) is 4.28. The number of hydrogen-bond donors (Lipinski definition) is 3. The fourth-order valence-electron chi connectivity index (χ4n) is 1.39. The van der Waals surface area contributed by atoms with Crippen LogP contribution >= 0.6 is 0 Å². The average Bonchev–Trinajstić information content (AvgIpc) is 2.26. The molecule has 6 heteroatoms. The molecule has 1 heterocycles. The van der Waals surface area contributed by atoms with Gasteiger partial charge in [-0.05, 0) is 25.5 Å². The monoisotopic (exact) mass is 238 g/mol. The smallest absolute Gasteiger partial charge is 0.267 e. The highest BCUT2D eigenvalue weighted by Crippen LogP contribution is 2.19. The first-order chi connectivity index (χ1) is 7.91. The molecule has 1 rings (SSSR count). The Hall–Kier alpha value is -1.82. The zero-order valence-corrected chi connectivity index (χ0v) is 10.1. The predicted octanol–water partition coefficient (Wildman–Crippen LogP) is -0.0302. The zero-order chi connectivity index (χ0) is 13.0. The van der Waals surface area contributed by atoms with E-state index in [0.717, 1.165) is 0 Å².